The van der Waals surface area contributed by atoms with Crippen LogP contribution in [0.4, 0.5) is 0 Å². The topological polar surface area (TPSA) is 128 Å². The molecule has 0 saturated carbocycles. The van der Waals surface area contributed by atoms with Crippen LogP contribution >= 0.6 is 0 Å². The van der Waals surface area contributed by atoms with Crippen molar-refractivity contribution in [3.8, 4) is 0 Å². The van der Waals surface area contributed by atoms with Crippen LogP contribution < -0.4 is 0 Å². The van der Waals surface area contributed by atoms with Crippen LogP contribution in [0.2, 0.25) is 0 Å². The number of carboxylic acids is 2. The summed E-state index contributed by atoms with van der Waals surface area (Å²) in [6.45, 7) is 0. The van der Waals surface area contributed by atoms with Crippen molar-refractivity contribution in [2.75, 3.05) is 0 Å². The van der Waals surface area contributed by atoms with Gasteiger partial charge < -0.3 is 20.4 Å². The molecule has 0 aromatic carbocycles. The summed E-state index contributed by atoms with van der Waals surface area (Å²) in [5.74, 6) is -2.47. The zero-order chi connectivity index (χ0) is 13.0. The predicted octanol–water partition coefficient (Wildman–Crippen LogP) is -0.351. The summed E-state index contributed by atoms with van der Waals surface area (Å²) in [4.78, 5) is 24.7. The highest BCUT2D eigenvalue weighted by Crippen LogP contribution is 2.17. The molecular formula is C10H11NO6. The molecule has 0 spiro atoms. The summed E-state index contributed by atoms with van der Waals surface area (Å²) in [6.07, 6.45) is -2.57. The number of aliphatic carboxylic acids is 1. The number of pyridine rings is 1. The molecule has 0 aliphatic heterocycles. The van der Waals surface area contributed by atoms with Gasteiger partial charge in [-0.05, 0) is 12.1 Å². The fourth-order valence-electron chi connectivity index (χ4n) is 1.23. The van der Waals surface area contributed by atoms with Gasteiger partial charge in [0.2, 0.25) is 0 Å². The molecule has 0 aliphatic carbocycles. The lowest BCUT2D eigenvalue weighted by Gasteiger charge is -2.15. The minimum absolute atomic E-state index is 0.0846. The van der Waals surface area contributed by atoms with Gasteiger partial charge in [0.25, 0.3) is 0 Å². The van der Waals surface area contributed by atoms with Gasteiger partial charge in [0.15, 0.2) is 0 Å². The molecule has 1 heterocycles. The number of hydrogen-bond acceptors (Lipinski definition) is 5. The van der Waals surface area contributed by atoms with E-state index in [0.717, 1.165) is 12.3 Å². The molecule has 0 bridgehead atoms. The van der Waals surface area contributed by atoms with Crippen molar-refractivity contribution in [1.29, 1.82) is 0 Å². The van der Waals surface area contributed by atoms with Gasteiger partial charge in [0.1, 0.15) is 6.10 Å². The molecule has 92 valence electrons. The molecule has 1 aromatic rings. The number of aliphatic hydroxyl groups is 2. The second-order valence-corrected chi connectivity index (χ2v) is 3.38. The Morgan fingerprint density at radius 1 is 1.29 bits per heavy atom. The van der Waals surface area contributed by atoms with Crippen molar-refractivity contribution in [3.05, 3.63) is 29.6 Å². The molecule has 7 nitrogen and oxygen atoms in total. The van der Waals surface area contributed by atoms with Crippen molar-refractivity contribution < 1.29 is 30.0 Å². The Balaban J connectivity index is 2.88. The maximum absolute atomic E-state index is 10.7. The number of aromatic nitrogens is 1. The molecule has 4 N–H and O–H groups in total. The van der Waals surface area contributed by atoms with Gasteiger partial charge in [-0.3, -0.25) is 9.78 Å². The molecular weight excluding hydrogens is 230 g/mol. The summed E-state index contributed by atoms with van der Waals surface area (Å²) >= 11 is 0. The van der Waals surface area contributed by atoms with Crippen molar-refractivity contribution in [2.45, 2.75) is 18.6 Å². The molecule has 1 rings (SSSR count). The normalized spacial score (nSPS) is 14.0. The number of hydrogen-bond donors (Lipinski definition) is 4. The predicted molar refractivity (Wildman–Crippen MR) is 54.4 cm³/mol. The summed E-state index contributed by atoms with van der Waals surface area (Å²) in [6, 6.07) is 2.31. The quantitative estimate of drug-likeness (QED) is 0.554. The van der Waals surface area contributed by atoms with Gasteiger partial charge >= 0.3 is 11.9 Å². The van der Waals surface area contributed by atoms with Crippen LogP contribution in [0.15, 0.2) is 18.3 Å². The Morgan fingerprint density at radius 3 is 2.47 bits per heavy atom. The molecule has 0 fully saturated rings. The minimum atomic E-state index is -1.54. The molecule has 0 aliphatic rings. The van der Waals surface area contributed by atoms with Crippen LogP contribution in [0.3, 0.4) is 0 Å². The van der Waals surface area contributed by atoms with Crippen molar-refractivity contribution >= 4 is 11.9 Å². The Morgan fingerprint density at radius 2 is 1.94 bits per heavy atom. The van der Waals surface area contributed by atoms with E-state index >= 15 is 0 Å². The van der Waals surface area contributed by atoms with E-state index in [-0.39, 0.29) is 11.3 Å². The van der Waals surface area contributed by atoms with E-state index in [0.29, 0.717) is 0 Å². The molecule has 1 aromatic heterocycles. The zero-order valence-corrected chi connectivity index (χ0v) is 8.65. The van der Waals surface area contributed by atoms with Crippen molar-refractivity contribution in [3.63, 3.8) is 0 Å². The first-order valence-corrected chi connectivity index (χ1v) is 4.69. The Bertz CT molecular complexity index is 433. The third kappa shape index (κ3) is 3.51. The van der Waals surface area contributed by atoms with Crippen LogP contribution in [0.1, 0.15) is 28.6 Å². The Hall–Kier alpha value is -1.99. The highest BCUT2D eigenvalue weighted by Gasteiger charge is 2.23. The van der Waals surface area contributed by atoms with Gasteiger partial charge in [0.05, 0.1) is 23.8 Å². The highest BCUT2D eigenvalue weighted by atomic mass is 16.4. The zero-order valence-electron chi connectivity index (χ0n) is 8.65. The fourth-order valence-corrected chi connectivity index (χ4v) is 1.23. The van der Waals surface area contributed by atoms with Gasteiger partial charge in [-0.15, -0.1) is 0 Å². The number of aliphatic hydroxyl groups excluding tert-OH is 2. The smallest absolute Gasteiger partial charge is 0.335 e. The molecule has 0 amide bonds. The first-order chi connectivity index (χ1) is 7.91. The van der Waals surface area contributed by atoms with Gasteiger partial charge in [-0.1, -0.05) is 0 Å². The number of rotatable bonds is 5. The second kappa shape index (κ2) is 5.37. The molecule has 2 atom stereocenters. The standard InChI is InChI=1S/C10H11NO6/c12-7(4-8(13)14)9(15)6-3-5(10(16)17)1-2-11-6/h1-3,7,9,12,15H,4H2,(H,13,14)(H,16,17). The summed E-state index contributed by atoms with van der Waals surface area (Å²) in [7, 11) is 0. The van der Waals surface area contributed by atoms with Gasteiger partial charge in [-0.2, -0.15) is 0 Å². The number of carbonyl (C=O) groups is 2. The molecule has 0 saturated heterocycles. The second-order valence-electron chi connectivity index (χ2n) is 3.38. The Kier molecular flexibility index (Phi) is 4.13. The van der Waals surface area contributed by atoms with Crippen molar-refractivity contribution in [1.82, 2.24) is 4.98 Å². The monoisotopic (exact) mass is 241 g/mol. The molecule has 17 heavy (non-hydrogen) atoms. The average molecular weight is 241 g/mol. The number of nitrogens with zero attached hydrogens (tertiary/aromatic N) is 1. The lowest BCUT2D eigenvalue weighted by Crippen LogP contribution is -2.22. The van der Waals surface area contributed by atoms with Crippen LogP contribution in [0.25, 0.3) is 0 Å². The van der Waals surface area contributed by atoms with Crippen LogP contribution in [-0.2, 0) is 4.79 Å². The first kappa shape index (κ1) is 13.1. The molecule has 2 unspecified atom stereocenters. The third-order valence-corrected chi connectivity index (χ3v) is 2.08. The van der Waals surface area contributed by atoms with Gasteiger partial charge in [-0.25, -0.2) is 4.79 Å². The average Bonchev–Trinajstić information content (AvgIpc) is 2.27. The van der Waals surface area contributed by atoms with Gasteiger partial charge in [0, 0.05) is 6.20 Å². The SMILES string of the molecule is O=C(O)CC(O)C(O)c1cc(C(=O)O)ccn1. The maximum atomic E-state index is 10.7. The summed E-state index contributed by atoms with van der Waals surface area (Å²) in [5, 5.41) is 36.1. The van der Waals surface area contributed by atoms with E-state index in [4.69, 9.17) is 10.2 Å². The highest BCUT2D eigenvalue weighted by molar-refractivity contribution is 5.87. The van der Waals surface area contributed by atoms with E-state index in [9.17, 15) is 19.8 Å². The van der Waals surface area contributed by atoms with E-state index in [1.807, 2.05) is 0 Å². The number of aromatic carboxylic acids is 1. The van der Waals surface area contributed by atoms with E-state index in [1.165, 1.54) is 6.07 Å². The van der Waals surface area contributed by atoms with Crippen LogP contribution in [-0.4, -0.2) is 43.5 Å². The largest absolute Gasteiger partial charge is 0.481 e. The lowest BCUT2D eigenvalue weighted by molar-refractivity contribution is -0.141. The van der Waals surface area contributed by atoms with E-state index < -0.39 is 30.6 Å². The molecule has 0 radical (unpaired) electrons. The van der Waals surface area contributed by atoms with Crippen LogP contribution in [0.5, 0.6) is 0 Å². The van der Waals surface area contributed by atoms with Crippen molar-refractivity contribution in [2.24, 2.45) is 0 Å². The van der Waals surface area contributed by atoms with E-state index in [1.54, 1.807) is 0 Å². The summed E-state index contributed by atoms with van der Waals surface area (Å²) < 4.78 is 0. The lowest BCUT2D eigenvalue weighted by atomic mass is 10.1. The fraction of sp³-hybridized carbons (Fsp3) is 0.300. The number of carboxylic acid groups (broad SMARTS) is 2. The first-order valence-electron chi connectivity index (χ1n) is 4.69. The molecule has 7 heteroatoms. The van der Waals surface area contributed by atoms with E-state index in [2.05, 4.69) is 4.98 Å². The minimum Gasteiger partial charge on any atom is -0.481 e. The maximum Gasteiger partial charge on any atom is 0.335 e. The Labute approximate surface area is 96.0 Å². The summed E-state index contributed by atoms with van der Waals surface area (Å²) in [5.41, 5.74) is -0.185. The van der Waals surface area contributed by atoms with Crippen LogP contribution in [0, 0.1) is 0 Å². The third-order valence-electron chi connectivity index (χ3n) is 2.08.